The van der Waals surface area contributed by atoms with E-state index >= 15 is 0 Å². The molecular weight excluding hydrogens is 176 g/mol. The molecule has 3 aliphatic rings. The summed E-state index contributed by atoms with van der Waals surface area (Å²) in [6.45, 7) is 0.430. The van der Waals surface area contributed by atoms with E-state index in [0.29, 0.717) is 13.0 Å². The Kier molecular flexibility index (Phi) is 1.24. The number of fused-ring (bicyclic) bond motifs is 6. The first kappa shape index (κ1) is 7.54. The molecule has 4 bridgehead atoms. The molecule has 0 saturated carbocycles. The lowest BCUT2D eigenvalue weighted by Crippen LogP contribution is -2.71. The van der Waals surface area contributed by atoms with Crippen molar-refractivity contribution in [3.63, 3.8) is 0 Å². The Labute approximate surface area is 74.2 Å². The standard InChI is InChI=1S/C7H10N2O4/c10-6-8-3-1-7(11,9-6)5-12-2-4(3)13-5/h3-5,11H,1-2H2,(H2,8,9,10). The van der Waals surface area contributed by atoms with Crippen molar-refractivity contribution < 1.29 is 19.4 Å². The third-order valence-corrected chi connectivity index (χ3v) is 2.73. The number of ether oxygens (including phenoxy) is 2. The molecule has 72 valence electrons. The van der Waals surface area contributed by atoms with Crippen LogP contribution in [-0.2, 0) is 9.47 Å². The molecule has 2 amide bonds. The fourth-order valence-corrected chi connectivity index (χ4v) is 2.10. The highest BCUT2D eigenvalue weighted by Crippen LogP contribution is 2.35. The van der Waals surface area contributed by atoms with E-state index in [-0.39, 0.29) is 18.2 Å². The molecule has 3 N–H and O–H groups in total. The molecule has 3 rings (SSSR count). The predicted molar refractivity (Wildman–Crippen MR) is 39.6 cm³/mol. The van der Waals surface area contributed by atoms with E-state index in [4.69, 9.17) is 9.47 Å². The van der Waals surface area contributed by atoms with E-state index in [1.807, 2.05) is 0 Å². The van der Waals surface area contributed by atoms with Crippen LogP contribution in [0.1, 0.15) is 6.42 Å². The highest BCUT2D eigenvalue weighted by atomic mass is 16.7. The number of nitrogens with one attached hydrogen (secondary N) is 2. The molecule has 4 unspecified atom stereocenters. The maximum atomic E-state index is 11.1. The van der Waals surface area contributed by atoms with E-state index in [0.717, 1.165) is 0 Å². The zero-order valence-corrected chi connectivity index (χ0v) is 6.82. The van der Waals surface area contributed by atoms with E-state index in [1.165, 1.54) is 0 Å². The Hall–Kier alpha value is -0.850. The number of aliphatic hydroxyl groups is 1. The molecule has 0 aromatic heterocycles. The largest absolute Gasteiger partial charge is 0.366 e. The van der Waals surface area contributed by atoms with Crippen LogP contribution >= 0.6 is 0 Å². The van der Waals surface area contributed by atoms with Crippen molar-refractivity contribution in [3.05, 3.63) is 0 Å². The van der Waals surface area contributed by atoms with Crippen molar-refractivity contribution in [2.45, 2.75) is 30.6 Å². The molecule has 0 radical (unpaired) electrons. The molecule has 3 aliphatic heterocycles. The zero-order valence-electron chi connectivity index (χ0n) is 6.82. The Bertz CT molecular complexity index is 271. The quantitative estimate of drug-likeness (QED) is 0.430. The minimum absolute atomic E-state index is 0.115. The van der Waals surface area contributed by atoms with Gasteiger partial charge in [0.25, 0.3) is 0 Å². The van der Waals surface area contributed by atoms with Crippen LogP contribution in [0.3, 0.4) is 0 Å². The summed E-state index contributed by atoms with van der Waals surface area (Å²) in [7, 11) is 0. The number of amides is 2. The third-order valence-electron chi connectivity index (χ3n) is 2.73. The Morgan fingerprint density at radius 3 is 3.31 bits per heavy atom. The van der Waals surface area contributed by atoms with Gasteiger partial charge >= 0.3 is 6.03 Å². The highest BCUT2D eigenvalue weighted by molar-refractivity contribution is 5.76. The maximum absolute atomic E-state index is 11.1. The van der Waals surface area contributed by atoms with Gasteiger partial charge in [-0.1, -0.05) is 0 Å². The van der Waals surface area contributed by atoms with Crippen LogP contribution in [0.25, 0.3) is 0 Å². The van der Waals surface area contributed by atoms with Crippen molar-refractivity contribution in [2.75, 3.05) is 6.61 Å². The minimum Gasteiger partial charge on any atom is -0.366 e. The van der Waals surface area contributed by atoms with Gasteiger partial charge in [0, 0.05) is 6.42 Å². The van der Waals surface area contributed by atoms with Gasteiger partial charge in [-0.15, -0.1) is 0 Å². The smallest absolute Gasteiger partial charge is 0.317 e. The summed E-state index contributed by atoms with van der Waals surface area (Å²) in [5.74, 6) is 0. The number of hydrogen-bond acceptors (Lipinski definition) is 4. The normalized spacial score (nSPS) is 52.7. The SMILES string of the molecule is O=C1NC2CC(O)(N1)C1OCC2O1. The van der Waals surface area contributed by atoms with Crippen molar-refractivity contribution >= 4 is 6.03 Å². The lowest BCUT2D eigenvalue weighted by Gasteiger charge is -2.44. The Morgan fingerprint density at radius 2 is 2.46 bits per heavy atom. The van der Waals surface area contributed by atoms with Crippen molar-refractivity contribution in [1.29, 1.82) is 0 Å². The lowest BCUT2D eigenvalue weighted by atomic mass is 9.95. The van der Waals surface area contributed by atoms with Crippen LogP contribution in [0, 0.1) is 0 Å². The fraction of sp³-hybridized carbons (Fsp3) is 0.857. The van der Waals surface area contributed by atoms with E-state index in [2.05, 4.69) is 10.6 Å². The predicted octanol–water partition coefficient (Wildman–Crippen LogP) is -1.50. The molecule has 0 aliphatic carbocycles. The van der Waals surface area contributed by atoms with Crippen molar-refractivity contribution in [3.8, 4) is 0 Å². The van der Waals surface area contributed by atoms with Crippen molar-refractivity contribution in [1.82, 2.24) is 10.6 Å². The van der Waals surface area contributed by atoms with Gasteiger partial charge in [0.1, 0.15) is 6.10 Å². The van der Waals surface area contributed by atoms with Crippen LogP contribution in [0.5, 0.6) is 0 Å². The summed E-state index contributed by atoms with van der Waals surface area (Å²) in [5, 5.41) is 15.0. The second kappa shape index (κ2) is 2.14. The first-order valence-electron chi connectivity index (χ1n) is 4.25. The van der Waals surface area contributed by atoms with Gasteiger partial charge in [0.2, 0.25) is 6.29 Å². The summed E-state index contributed by atoms with van der Waals surface area (Å²) in [4.78, 5) is 11.1. The molecule has 13 heavy (non-hydrogen) atoms. The molecule has 6 nitrogen and oxygen atoms in total. The van der Waals surface area contributed by atoms with Gasteiger partial charge < -0.3 is 25.2 Å². The van der Waals surface area contributed by atoms with Gasteiger partial charge in [0.05, 0.1) is 12.6 Å². The fourth-order valence-electron chi connectivity index (χ4n) is 2.10. The third kappa shape index (κ3) is 0.903. The summed E-state index contributed by atoms with van der Waals surface area (Å²) in [5.41, 5.74) is -1.35. The topological polar surface area (TPSA) is 79.8 Å². The lowest BCUT2D eigenvalue weighted by molar-refractivity contribution is -0.231. The summed E-state index contributed by atoms with van der Waals surface area (Å²) < 4.78 is 10.6. The van der Waals surface area contributed by atoms with Crippen LogP contribution < -0.4 is 10.6 Å². The Morgan fingerprint density at radius 1 is 1.62 bits per heavy atom. The number of urea groups is 1. The molecule has 0 aromatic rings. The monoisotopic (exact) mass is 186 g/mol. The molecule has 0 spiro atoms. The highest BCUT2D eigenvalue weighted by Gasteiger charge is 2.56. The maximum Gasteiger partial charge on any atom is 0.317 e. The van der Waals surface area contributed by atoms with Gasteiger partial charge in [-0.2, -0.15) is 0 Å². The number of rotatable bonds is 0. The summed E-state index contributed by atoms with van der Waals surface area (Å²) in [6.07, 6.45) is -0.384. The molecule has 4 atom stereocenters. The number of carbonyl (C=O) groups excluding carboxylic acids is 1. The Balaban J connectivity index is 1.97. The molecule has 3 saturated heterocycles. The number of carbonyl (C=O) groups is 1. The first-order chi connectivity index (χ1) is 6.17. The van der Waals surface area contributed by atoms with E-state index in [1.54, 1.807) is 0 Å². The van der Waals surface area contributed by atoms with Crippen LogP contribution in [0.2, 0.25) is 0 Å². The minimum atomic E-state index is -1.35. The molecule has 0 aromatic carbocycles. The molecule has 3 fully saturated rings. The summed E-state index contributed by atoms with van der Waals surface area (Å²) in [6, 6.07) is -0.500. The van der Waals surface area contributed by atoms with Gasteiger partial charge in [0.15, 0.2) is 5.72 Å². The van der Waals surface area contributed by atoms with E-state index in [9.17, 15) is 9.90 Å². The van der Waals surface area contributed by atoms with Gasteiger partial charge in [-0.3, -0.25) is 0 Å². The molecule has 6 heteroatoms. The van der Waals surface area contributed by atoms with Crippen LogP contribution in [-0.4, -0.2) is 41.9 Å². The van der Waals surface area contributed by atoms with Crippen LogP contribution in [0.4, 0.5) is 4.79 Å². The summed E-state index contributed by atoms with van der Waals surface area (Å²) >= 11 is 0. The average molecular weight is 186 g/mol. The van der Waals surface area contributed by atoms with E-state index < -0.39 is 12.0 Å². The second-order valence-electron chi connectivity index (χ2n) is 3.67. The zero-order chi connectivity index (χ0) is 9.05. The second-order valence-corrected chi connectivity index (χ2v) is 3.67. The average Bonchev–Trinajstić information content (AvgIpc) is 2.46. The molecule has 3 heterocycles. The first-order valence-corrected chi connectivity index (χ1v) is 4.25. The molecular formula is C7H10N2O4. The van der Waals surface area contributed by atoms with Gasteiger partial charge in [-0.05, 0) is 0 Å². The number of hydrogen-bond donors (Lipinski definition) is 3. The van der Waals surface area contributed by atoms with Crippen molar-refractivity contribution in [2.24, 2.45) is 0 Å². The van der Waals surface area contributed by atoms with Crippen LogP contribution in [0.15, 0.2) is 0 Å². The van der Waals surface area contributed by atoms with Gasteiger partial charge in [-0.25, -0.2) is 4.79 Å².